The van der Waals surface area contributed by atoms with E-state index in [1.165, 1.54) is 17.6 Å². The van der Waals surface area contributed by atoms with Crippen LogP contribution in [0.15, 0.2) is 11.1 Å². The molecule has 0 spiro atoms. The number of rotatable bonds is 1. The SMILES string of the molecule is CC(C)=C(C)CC(C)(C)C. The van der Waals surface area contributed by atoms with Crippen LogP contribution in [0.5, 0.6) is 0 Å². The topological polar surface area (TPSA) is 0 Å². The first-order valence-electron chi connectivity index (χ1n) is 3.96. The molecule has 0 heteroatoms. The smallest absolute Gasteiger partial charge is 0.0272 e. The number of allylic oxidation sites excluding steroid dienone is 2. The van der Waals surface area contributed by atoms with Crippen LogP contribution < -0.4 is 0 Å². The first-order valence-corrected chi connectivity index (χ1v) is 3.96. The van der Waals surface area contributed by atoms with Gasteiger partial charge >= 0.3 is 0 Å². The predicted molar refractivity (Wildman–Crippen MR) is 48.1 cm³/mol. The Morgan fingerprint density at radius 3 is 1.50 bits per heavy atom. The van der Waals surface area contributed by atoms with E-state index >= 15 is 0 Å². The van der Waals surface area contributed by atoms with E-state index in [2.05, 4.69) is 41.5 Å². The standard InChI is InChI=1S/C10H20/c1-8(2)9(3)7-10(4,5)6/h7H2,1-6H3. The highest BCUT2D eigenvalue weighted by Crippen LogP contribution is 2.24. The molecule has 0 fully saturated rings. The summed E-state index contributed by atoms with van der Waals surface area (Å²) in [6.07, 6.45) is 1.22. The van der Waals surface area contributed by atoms with E-state index < -0.39 is 0 Å². The molecule has 0 saturated carbocycles. The van der Waals surface area contributed by atoms with Gasteiger partial charge in [-0.1, -0.05) is 31.9 Å². The lowest BCUT2D eigenvalue weighted by atomic mass is 9.87. The quantitative estimate of drug-likeness (QED) is 0.486. The highest BCUT2D eigenvalue weighted by atomic mass is 14.2. The fourth-order valence-corrected chi connectivity index (χ4v) is 0.972. The summed E-state index contributed by atoms with van der Waals surface area (Å²) in [5.41, 5.74) is 3.45. The molecule has 10 heavy (non-hydrogen) atoms. The highest BCUT2D eigenvalue weighted by Gasteiger charge is 2.10. The molecule has 0 rings (SSSR count). The van der Waals surface area contributed by atoms with E-state index in [-0.39, 0.29) is 0 Å². The lowest BCUT2D eigenvalue weighted by Gasteiger charge is -2.19. The van der Waals surface area contributed by atoms with Gasteiger partial charge in [-0.3, -0.25) is 0 Å². The zero-order valence-electron chi connectivity index (χ0n) is 8.21. The molecule has 0 bridgehead atoms. The van der Waals surface area contributed by atoms with Gasteiger partial charge < -0.3 is 0 Å². The van der Waals surface area contributed by atoms with Gasteiger partial charge in [0, 0.05) is 0 Å². The first kappa shape index (κ1) is 9.74. The second-order valence-electron chi connectivity index (χ2n) is 4.52. The molecular formula is C10H20. The molecule has 0 aromatic rings. The fourth-order valence-electron chi connectivity index (χ4n) is 0.972. The van der Waals surface area contributed by atoms with Crippen LogP contribution in [0.25, 0.3) is 0 Å². The molecule has 0 N–H and O–H groups in total. The summed E-state index contributed by atoms with van der Waals surface area (Å²) in [6.45, 7) is 13.4. The first-order chi connectivity index (χ1) is 4.33. The van der Waals surface area contributed by atoms with Crippen LogP contribution in [0.3, 0.4) is 0 Å². The Bertz CT molecular complexity index is 129. The molecule has 0 aromatic carbocycles. The average molecular weight is 140 g/mol. The van der Waals surface area contributed by atoms with E-state index in [1.54, 1.807) is 0 Å². The van der Waals surface area contributed by atoms with E-state index in [4.69, 9.17) is 0 Å². The average Bonchev–Trinajstić information content (AvgIpc) is 1.60. The van der Waals surface area contributed by atoms with Crippen LogP contribution in [0.2, 0.25) is 0 Å². The molecule has 0 aliphatic heterocycles. The van der Waals surface area contributed by atoms with Gasteiger partial charge in [-0.25, -0.2) is 0 Å². The van der Waals surface area contributed by atoms with Crippen molar-refractivity contribution in [1.82, 2.24) is 0 Å². The van der Waals surface area contributed by atoms with Crippen LogP contribution in [0.4, 0.5) is 0 Å². The van der Waals surface area contributed by atoms with Crippen molar-refractivity contribution in [2.75, 3.05) is 0 Å². The summed E-state index contributed by atoms with van der Waals surface area (Å²) >= 11 is 0. The normalized spacial score (nSPS) is 11.4. The molecule has 0 unspecified atom stereocenters. The van der Waals surface area contributed by atoms with Gasteiger partial charge in [-0.05, 0) is 32.6 Å². The molecule has 0 saturated heterocycles. The van der Waals surface area contributed by atoms with Crippen molar-refractivity contribution < 1.29 is 0 Å². The molecule has 0 heterocycles. The van der Waals surface area contributed by atoms with Crippen LogP contribution in [-0.4, -0.2) is 0 Å². The lowest BCUT2D eigenvalue weighted by molar-refractivity contribution is 0.408. The lowest BCUT2D eigenvalue weighted by Crippen LogP contribution is -2.05. The summed E-state index contributed by atoms with van der Waals surface area (Å²) in [4.78, 5) is 0. The second-order valence-corrected chi connectivity index (χ2v) is 4.52. The maximum Gasteiger partial charge on any atom is -0.0272 e. The van der Waals surface area contributed by atoms with Crippen molar-refractivity contribution in [3.63, 3.8) is 0 Å². The maximum atomic E-state index is 2.28. The molecule has 0 aromatic heterocycles. The van der Waals surface area contributed by atoms with Gasteiger partial charge in [0.15, 0.2) is 0 Å². The van der Waals surface area contributed by atoms with E-state index in [0.717, 1.165) is 0 Å². The summed E-state index contributed by atoms with van der Waals surface area (Å²) in [5, 5.41) is 0. The van der Waals surface area contributed by atoms with Crippen molar-refractivity contribution in [3.8, 4) is 0 Å². The Kier molecular flexibility index (Phi) is 3.14. The van der Waals surface area contributed by atoms with Crippen LogP contribution in [0.1, 0.15) is 48.0 Å². The summed E-state index contributed by atoms with van der Waals surface area (Å²) in [6, 6.07) is 0. The molecular weight excluding hydrogens is 120 g/mol. The Hall–Kier alpha value is -0.260. The van der Waals surface area contributed by atoms with Crippen molar-refractivity contribution in [3.05, 3.63) is 11.1 Å². The molecule has 0 amide bonds. The second kappa shape index (κ2) is 3.23. The van der Waals surface area contributed by atoms with Crippen LogP contribution >= 0.6 is 0 Å². The predicted octanol–water partition coefficient (Wildman–Crippen LogP) is 3.78. The highest BCUT2D eigenvalue weighted by molar-refractivity contribution is 5.08. The Morgan fingerprint density at radius 2 is 1.40 bits per heavy atom. The largest absolute Gasteiger partial charge is 0.0775 e. The van der Waals surface area contributed by atoms with Crippen molar-refractivity contribution in [2.24, 2.45) is 5.41 Å². The minimum absolute atomic E-state index is 0.446. The third-order valence-electron chi connectivity index (χ3n) is 1.65. The van der Waals surface area contributed by atoms with Gasteiger partial charge in [0.05, 0.1) is 0 Å². The third-order valence-corrected chi connectivity index (χ3v) is 1.65. The molecule has 60 valence electrons. The summed E-state index contributed by atoms with van der Waals surface area (Å²) in [7, 11) is 0. The fraction of sp³-hybridized carbons (Fsp3) is 0.800. The third kappa shape index (κ3) is 4.60. The Balaban J connectivity index is 4.06. The van der Waals surface area contributed by atoms with E-state index in [1.807, 2.05) is 0 Å². The monoisotopic (exact) mass is 140 g/mol. The van der Waals surface area contributed by atoms with Crippen LogP contribution in [-0.2, 0) is 0 Å². The minimum atomic E-state index is 0.446. The van der Waals surface area contributed by atoms with Crippen molar-refractivity contribution >= 4 is 0 Å². The van der Waals surface area contributed by atoms with Gasteiger partial charge in [0.25, 0.3) is 0 Å². The Morgan fingerprint density at radius 1 is 1.00 bits per heavy atom. The molecule has 0 nitrogen and oxygen atoms in total. The summed E-state index contributed by atoms with van der Waals surface area (Å²) in [5.74, 6) is 0. The molecule has 0 aliphatic rings. The van der Waals surface area contributed by atoms with Gasteiger partial charge in [0.2, 0.25) is 0 Å². The van der Waals surface area contributed by atoms with Gasteiger partial charge in [-0.2, -0.15) is 0 Å². The van der Waals surface area contributed by atoms with Gasteiger partial charge in [-0.15, -0.1) is 0 Å². The number of hydrogen-bond donors (Lipinski definition) is 0. The maximum absolute atomic E-state index is 2.28. The zero-order valence-corrected chi connectivity index (χ0v) is 8.21. The molecule has 0 radical (unpaired) electrons. The van der Waals surface area contributed by atoms with E-state index in [0.29, 0.717) is 5.41 Å². The minimum Gasteiger partial charge on any atom is -0.0775 e. The van der Waals surface area contributed by atoms with E-state index in [9.17, 15) is 0 Å². The number of hydrogen-bond acceptors (Lipinski definition) is 0. The van der Waals surface area contributed by atoms with Crippen molar-refractivity contribution in [2.45, 2.75) is 48.0 Å². The molecule has 0 atom stereocenters. The molecule has 0 aliphatic carbocycles. The van der Waals surface area contributed by atoms with Crippen LogP contribution in [0, 0.1) is 5.41 Å². The summed E-state index contributed by atoms with van der Waals surface area (Å²) < 4.78 is 0. The van der Waals surface area contributed by atoms with Crippen molar-refractivity contribution in [1.29, 1.82) is 0 Å². The zero-order chi connectivity index (χ0) is 8.36. The van der Waals surface area contributed by atoms with Gasteiger partial charge in [0.1, 0.15) is 0 Å². The Labute approximate surface area is 65.3 Å².